The van der Waals surface area contributed by atoms with Crippen LogP contribution >= 0.6 is 0 Å². The van der Waals surface area contributed by atoms with Crippen molar-refractivity contribution in [1.29, 1.82) is 0 Å². The van der Waals surface area contributed by atoms with E-state index in [0.29, 0.717) is 36.9 Å². The first-order valence-electron chi connectivity index (χ1n) is 6.10. The van der Waals surface area contributed by atoms with E-state index in [-0.39, 0.29) is 12.3 Å². The van der Waals surface area contributed by atoms with E-state index in [9.17, 15) is 4.79 Å². The molecule has 0 spiro atoms. The van der Waals surface area contributed by atoms with Crippen molar-refractivity contribution in [2.75, 3.05) is 25.1 Å². The molecule has 1 aromatic rings. The summed E-state index contributed by atoms with van der Waals surface area (Å²) in [6.45, 7) is 5.23. The Hall–Kier alpha value is -1.75. The average Bonchev–Trinajstić information content (AvgIpc) is 2.33. The normalized spacial score (nSPS) is 9.94. The smallest absolute Gasteiger partial charge is 0.225 e. The number of hydrogen-bond acceptors (Lipinski definition) is 4. The number of carbonyl (C=O) groups is 1. The fourth-order valence-corrected chi connectivity index (χ4v) is 1.49. The van der Waals surface area contributed by atoms with Gasteiger partial charge in [0.25, 0.3) is 0 Å². The fourth-order valence-electron chi connectivity index (χ4n) is 1.49. The van der Waals surface area contributed by atoms with E-state index in [2.05, 4.69) is 5.32 Å². The summed E-state index contributed by atoms with van der Waals surface area (Å²) in [4.78, 5) is 11.6. The molecular weight excluding hydrogens is 232 g/mol. The van der Waals surface area contributed by atoms with E-state index < -0.39 is 0 Å². The van der Waals surface area contributed by atoms with Crippen LogP contribution < -0.4 is 20.5 Å². The fraction of sp³-hybridized carbons (Fsp3) is 0.462. The number of benzene rings is 1. The predicted molar refractivity (Wildman–Crippen MR) is 71.1 cm³/mol. The molecule has 0 bridgehead atoms. The second-order valence-corrected chi connectivity index (χ2v) is 3.61. The SMILES string of the molecule is CCOc1ccc(OCC)c(NC(=O)CCN)c1. The summed E-state index contributed by atoms with van der Waals surface area (Å²) in [5.41, 5.74) is 5.95. The quantitative estimate of drug-likeness (QED) is 0.775. The number of anilines is 1. The van der Waals surface area contributed by atoms with Gasteiger partial charge in [-0.1, -0.05) is 0 Å². The van der Waals surface area contributed by atoms with Crippen LogP contribution in [0.2, 0.25) is 0 Å². The molecule has 0 unspecified atom stereocenters. The van der Waals surface area contributed by atoms with Crippen molar-refractivity contribution in [2.45, 2.75) is 20.3 Å². The Kier molecular flexibility index (Phi) is 6.00. The van der Waals surface area contributed by atoms with Gasteiger partial charge in [-0.05, 0) is 26.0 Å². The van der Waals surface area contributed by atoms with Gasteiger partial charge in [0, 0.05) is 19.0 Å². The molecule has 0 atom stereocenters. The van der Waals surface area contributed by atoms with Gasteiger partial charge in [0.15, 0.2) is 0 Å². The molecule has 5 nitrogen and oxygen atoms in total. The summed E-state index contributed by atoms with van der Waals surface area (Å²) in [6, 6.07) is 5.35. The van der Waals surface area contributed by atoms with Crippen LogP contribution in [0.1, 0.15) is 20.3 Å². The minimum Gasteiger partial charge on any atom is -0.494 e. The van der Waals surface area contributed by atoms with Crippen LogP contribution in [0.3, 0.4) is 0 Å². The molecule has 5 heteroatoms. The Balaban J connectivity index is 2.88. The van der Waals surface area contributed by atoms with Crippen molar-refractivity contribution >= 4 is 11.6 Å². The van der Waals surface area contributed by atoms with E-state index in [1.807, 2.05) is 19.9 Å². The second kappa shape index (κ2) is 7.55. The average molecular weight is 252 g/mol. The van der Waals surface area contributed by atoms with Crippen molar-refractivity contribution in [1.82, 2.24) is 0 Å². The van der Waals surface area contributed by atoms with Gasteiger partial charge in [0.1, 0.15) is 11.5 Å². The Morgan fingerprint density at radius 1 is 1.28 bits per heavy atom. The molecule has 18 heavy (non-hydrogen) atoms. The van der Waals surface area contributed by atoms with Gasteiger partial charge < -0.3 is 20.5 Å². The van der Waals surface area contributed by atoms with Crippen LogP contribution in [0.15, 0.2) is 18.2 Å². The topological polar surface area (TPSA) is 73.6 Å². The van der Waals surface area contributed by atoms with Crippen molar-refractivity contribution in [3.8, 4) is 11.5 Å². The van der Waals surface area contributed by atoms with E-state index in [0.717, 1.165) is 0 Å². The molecule has 0 saturated carbocycles. The zero-order valence-electron chi connectivity index (χ0n) is 10.9. The van der Waals surface area contributed by atoms with E-state index in [1.165, 1.54) is 0 Å². The molecule has 0 fully saturated rings. The largest absolute Gasteiger partial charge is 0.494 e. The molecule has 0 aliphatic carbocycles. The van der Waals surface area contributed by atoms with Crippen LogP contribution in [0.4, 0.5) is 5.69 Å². The first kappa shape index (κ1) is 14.3. The first-order valence-corrected chi connectivity index (χ1v) is 6.10. The molecule has 1 rings (SSSR count). The summed E-state index contributed by atoms with van der Waals surface area (Å²) in [5.74, 6) is 1.20. The maximum absolute atomic E-state index is 11.6. The molecule has 0 radical (unpaired) electrons. The van der Waals surface area contributed by atoms with Crippen LogP contribution in [0, 0.1) is 0 Å². The van der Waals surface area contributed by atoms with Crippen LogP contribution in [-0.4, -0.2) is 25.7 Å². The number of nitrogens with one attached hydrogen (secondary N) is 1. The second-order valence-electron chi connectivity index (χ2n) is 3.61. The van der Waals surface area contributed by atoms with E-state index in [4.69, 9.17) is 15.2 Å². The molecule has 100 valence electrons. The number of rotatable bonds is 7. The third kappa shape index (κ3) is 4.25. The monoisotopic (exact) mass is 252 g/mol. The molecule has 1 aromatic carbocycles. The highest BCUT2D eigenvalue weighted by molar-refractivity contribution is 5.92. The summed E-state index contributed by atoms with van der Waals surface area (Å²) < 4.78 is 10.8. The lowest BCUT2D eigenvalue weighted by Crippen LogP contribution is -2.16. The molecule has 3 N–H and O–H groups in total. The standard InChI is InChI=1S/C13H20N2O3/c1-3-17-10-5-6-12(18-4-2)11(9-10)15-13(16)7-8-14/h5-6,9H,3-4,7-8,14H2,1-2H3,(H,15,16). The third-order valence-corrected chi connectivity index (χ3v) is 2.21. The van der Waals surface area contributed by atoms with Gasteiger partial charge in [-0.2, -0.15) is 0 Å². The number of ether oxygens (including phenoxy) is 2. The number of hydrogen-bond donors (Lipinski definition) is 2. The maximum Gasteiger partial charge on any atom is 0.225 e. The predicted octanol–water partition coefficient (Wildman–Crippen LogP) is 1.77. The van der Waals surface area contributed by atoms with Crippen molar-refractivity contribution in [3.05, 3.63) is 18.2 Å². The summed E-state index contributed by atoms with van der Waals surface area (Å²) in [7, 11) is 0. The molecule has 0 aliphatic heterocycles. The van der Waals surface area contributed by atoms with Crippen molar-refractivity contribution in [3.63, 3.8) is 0 Å². The molecule has 1 amide bonds. The van der Waals surface area contributed by atoms with Crippen LogP contribution in [-0.2, 0) is 4.79 Å². The summed E-state index contributed by atoms with van der Waals surface area (Å²) in [6.07, 6.45) is 0.282. The van der Waals surface area contributed by atoms with Gasteiger partial charge in [-0.15, -0.1) is 0 Å². The first-order chi connectivity index (χ1) is 8.71. The minimum absolute atomic E-state index is 0.132. The third-order valence-electron chi connectivity index (χ3n) is 2.21. The minimum atomic E-state index is -0.132. The number of amides is 1. The van der Waals surface area contributed by atoms with Gasteiger partial charge in [-0.25, -0.2) is 0 Å². The highest BCUT2D eigenvalue weighted by atomic mass is 16.5. The van der Waals surface area contributed by atoms with Gasteiger partial charge in [0.2, 0.25) is 5.91 Å². The lowest BCUT2D eigenvalue weighted by atomic mass is 10.2. The summed E-state index contributed by atoms with van der Waals surface area (Å²) in [5, 5.41) is 2.77. The lowest BCUT2D eigenvalue weighted by Gasteiger charge is -2.13. The Labute approximate surface area is 107 Å². The molecule has 0 aromatic heterocycles. The Bertz CT molecular complexity index is 394. The Morgan fingerprint density at radius 2 is 2.00 bits per heavy atom. The summed E-state index contributed by atoms with van der Waals surface area (Å²) >= 11 is 0. The van der Waals surface area contributed by atoms with Crippen LogP contribution in [0.5, 0.6) is 11.5 Å². The molecular formula is C13H20N2O3. The van der Waals surface area contributed by atoms with E-state index >= 15 is 0 Å². The molecule has 0 saturated heterocycles. The number of carbonyl (C=O) groups excluding carboxylic acids is 1. The lowest BCUT2D eigenvalue weighted by molar-refractivity contribution is -0.116. The highest BCUT2D eigenvalue weighted by Gasteiger charge is 2.09. The van der Waals surface area contributed by atoms with Crippen molar-refractivity contribution < 1.29 is 14.3 Å². The van der Waals surface area contributed by atoms with Crippen LogP contribution in [0.25, 0.3) is 0 Å². The van der Waals surface area contributed by atoms with Crippen molar-refractivity contribution in [2.24, 2.45) is 5.73 Å². The van der Waals surface area contributed by atoms with Gasteiger partial charge >= 0.3 is 0 Å². The molecule has 0 aliphatic rings. The number of nitrogens with two attached hydrogens (primary N) is 1. The zero-order valence-corrected chi connectivity index (χ0v) is 10.9. The zero-order chi connectivity index (χ0) is 13.4. The van der Waals surface area contributed by atoms with E-state index in [1.54, 1.807) is 12.1 Å². The molecule has 0 heterocycles. The Morgan fingerprint density at radius 3 is 2.61 bits per heavy atom. The van der Waals surface area contributed by atoms with Gasteiger partial charge in [0.05, 0.1) is 18.9 Å². The van der Waals surface area contributed by atoms with Gasteiger partial charge in [-0.3, -0.25) is 4.79 Å². The maximum atomic E-state index is 11.6. The highest BCUT2D eigenvalue weighted by Crippen LogP contribution is 2.29.